The van der Waals surface area contributed by atoms with Crippen molar-refractivity contribution in [2.24, 2.45) is 0 Å². The molecule has 0 saturated carbocycles. The first-order valence-corrected chi connectivity index (χ1v) is 8.09. The smallest absolute Gasteiger partial charge is 0.235 e. The maximum atomic E-state index is 12.6. The SMILES string of the molecule is COc1c(-c2ccc(CBr)cc2)oc2ccc(Cl)cc2c1=O. The summed E-state index contributed by atoms with van der Waals surface area (Å²) in [5.74, 6) is 0.602. The summed E-state index contributed by atoms with van der Waals surface area (Å²) in [5.41, 5.74) is 2.17. The molecule has 3 aromatic rings. The van der Waals surface area contributed by atoms with Crippen molar-refractivity contribution in [1.82, 2.24) is 0 Å². The van der Waals surface area contributed by atoms with Crippen LogP contribution in [-0.4, -0.2) is 7.11 Å². The van der Waals surface area contributed by atoms with E-state index in [0.29, 0.717) is 21.8 Å². The van der Waals surface area contributed by atoms with Crippen LogP contribution in [0.5, 0.6) is 5.75 Å². The Labute approximate surface area is 140 Å². The molecule has 0 saturated heterocycles. The Kier molecular flexibility index (Phi) is 4.23. The number of benzene rings is 2. The molecule has 3 rings (SSSR count). The van der Waals surface area contributed by atoms with Crippen LogP contribution in [-0.2, 0) is 5.33 Å². The third kappa shape index (κ3) is 2.64. The Hall–Kier alpha value is -1.78. The largest absolute Gasteiger partial charge is 0.490 e. The van der Waals surface area contributed by atoms with Crippen molar-refractivity contribution in [3.63, 3.8) is 0 Å². The summed E-state index contributed by atoms with van der Waals surface area (Å²) in [6.45, 7) is 0. The van der Waals surface area contributed by atoms with E-state index in [0.717, 1.165) is 16.5 Å². The standard InChI is InChI=1S/C17H12BrClO3/c1-21-17-15(20)13-8-12(19)6-7-14(13)22-16(17)11-4-2-10(9-18)3-5-11/h2-8H,9H2,1H3. The number of alkyl halides is 1. The Morgan fingerprint density at radius 1 is 1.18 bits per heavy atom. The van der Waals surface area contributed by atoms with E-state index in [1.807, 2.05) is 24.3 Å². The van der Waals surface area contributed by atoms with Crippen molar-refractivity contribution in [2.45, 2.75) is 5.33 Å². The van der Waals surface area contributed by atoms with Gasteiger partial charge >= 0.3 is 0 Å². The van der Waals surface area contributed by atoms with Gasteiger partial charge in [-0.15, -0.1) is 0 Å². The number of fused-ring (bicyclic) bond motifs is 1. The van der Waals surface area contributed by atoms with Crippen molar-refractivity contribution in [2.75, 3.05) is 7.11 Å². The molecule has 0 fully saturated rings. The summed E-state index contributed by atoms with van der Waals surface area (Å²) in [4.78, 5) is 12.6. The van der Waals surface area contributed by atoms with E-state index in [1.165, 1.54) is 7.11 Å². The van der Waals surface area contributed by atoms with E-state index < -0.39 is 0 Å². The van der Waals surface area contributed by atoms with E-state index in [4.69, 9.17) is 20.8 Å². The van der Waals surface area contributed by atoms with Crippen LogP contribution in [0.2, 0.25) is 5.02 Å². The number of rotatable bonds is 3. The Morgan fingerprint density at radius 3 is 2.55 bits per heavy atom. The highest BCUT2D eigenvalue weighted by Gasteiger charge is 2.17. The second-order valence-corrected chi connectivity index (χ2v) is 5.76. The van der Waals surface area contributed by atoms with Crippen LogP contribution in [0.3, 0.4) is 0 Å². The van der Waals surface area contributed by atoms with Gasteiger partial charge in [-0.2, -0.15) is 0 Å². The molecule has 5 heteroatoms. The third-order valence-corrected chi connectivity index (χ3v) is 4.27. The third-order valence-electron chi connectivity index (χ3n) is 3.39. The number of halogens is 2. The highest BCUT2D eigenvalue weighted by Crippen LogP contribution is 2.31. The van der Waals surface area contributed by atoms with Gasteiger partial charge in [-0.1, -0.05) is 51.8 Å². The van der Waals surface area contributed by atoms with E-state index in [1.54, 1.807) is 18.2 Å². The van der Waals surface area contributed by atoms with Crippen LogP contribution in [0.25, 0.3) is 22.3 Å². The molecule has 1 heterocycles. The van der Waals surface area contributed by atoms with Crippen molar-refractivity contribution >= 4 is 38.5 Å². The number of ether oxygens (including phenoxy) is 1. The van der Waals surface area contributed by atoms with Gasteiger partial charge in [0.15, 0.2) is 5.76 Å². The molecule has 0 spiro atoms. The topological polar surface area (TPSA) is 39.4 Å². The van der Waals surface area contributed by atoms with Crippen LogP contribution in [0.1, 0.15) is 5.56 Å². The summed E-state index contributed by atoms with van der Waals surface area (Å²) in [5, 5.41) is 1.66. The second kappa shape index (κ2) is 6.15. The fourth-order valence-electron chi connectivity index (χ4n) is 2.27. The summed E-state index contributed by atoms with van der Waals surface area (Å²) in [6.07, 6.45) is 0. The van der Waals surface area contributed by atoms with Crippen molar-refractivity contribution in [1.29, 1.82) is 0 Å². The monoisotopic (exact) mass is 378 g/mol. The van der Waals surface area contributed by atoms with E-state index in [9.17, 15) is 4.79 Å². The van der Waals surface area contributed by atoms with Crippen LogP contribution in [0.15, 0.2) is 51.7 Å². The average Bonchev–Trinajstić information content (AvgIpc) is 2.55. The molecule has 0 aliphatic heterocycles. The fraction of sp³-hybridized carbons (Fsp3) is 0.118. The average molecular weight is 380 g/mol. The molecule has 1 aromatic heterocycles. The minimum Gasteiger partial charge on any atom is -0.490 e. The Bertz CT molecular complexity index is 885. The lowest BCUT2D eigenvalue weighted by molar-refractivity contribution is 0.399. The maximum Gasteiger partial charge on any atom is 0.235 e. The van der Waals surface area contributed by atoms with Gasteiger partial charge in [-0.3, -0.25) is 4.79 Å². The predicted octanol–water partition coefficient (Wildman–Crippen LogP) is 5.02. The van der Waals surface area contributed by atoms with Gasteiger partial charge in [-0.05, 0) is 23.8 Å². The zero-order chi connectivity index (χ0) is 15.7. The van der Waals surface area contributed by atoms with Crippen LogP contribution in [0, 0.1) is 0 Å². The van der Waals surface area contributed by atoms with Gasteiger partial charge in [0.1, 0.15) is 5.58 Å². The van der Waals surface area contributed by atoms with Crippen molar-refractivity contribution < 1.29 is 9.15 Å². The van der Waals surface area contributed by atoms with Gasteiger partial charge in [0, 0.05) is 15.9 Å². The van der Waals surface area contributed by atoms with Gasteiger partial charge < -0.3 is 9.15 Å². The molecular weight excluding hydrogens is 368 g/mol. The molecule has 0 aliphatic rings. The number of hydrogen-bond donors (Lipinski definition) is 0. The van der Waals surface area contributed by atoms with Crippen LogP contribution < -0.4 is 10.2 Å². The lowest BCUT2D eigenvalue weighted by Crippen LogP contribution is -2.07. The number of hydrogen-bond acceptors (Lipinski definition) is 3. The minimum atomic E-state index is -0.231. The quantitative estimate of drug-likeness (QED) is 0.600. The summed E-state index contributed by atoms with van der Waals surface area (Å²) in [7, 11) is 1.46. The summed E-state index contributed by atoms with van der Waals surface area (Å²) < 4.78 is 11.2. The molecule has 22 heavy (non-hydrogen) atoms. The molecule has 0 unspecified atom stereocenters. The lowest BCUT2D eigenvalue weighted by Gasteiger charge is -2.09. The first kappa shape index (κ1) is 15.1. The van der Waals surface area contributed by atoms with Crippen molar-refractivity contribution in [3.05, 3.63) is 63.3 Å². The van der Waals surface area contributed by atoms with Crippen LogP contribution in [0.4, 0.5) is 0 Å². The maximum absolute atomic E-state index is 12.6. The molecule has 0 aliphatic carbocycles. The Balaban J connectivity index is 2.28. The molecule has 0 N–H and O–H groups in total. The van der Waals surface area contributed by atoms with E-state index >= 15 is 0 Å². The highest BCUT2D eigenvalue weighted by atomic mass is 79.9. The molecule has 3 nitrogen and oxygen atoms in total. The molecule has 0 radical (unpaired) electrons. The normalized spacial score (nSPS) is 10.9. The molecule has 112 valence electrons. The van der Waals surface area contributed by atoms with Gasteiger partial charge in [0.2, 0.25) is 11.2 Å². The number of methoxy groups -OCH3 is 1. The first-order valence-electron chi connectivity index (χ1n) is 6.59. The summed E-state index contributed by atoms with van der Waals surface area (Å²) in [6, 6.07) is 12.7. The van der Waals surface area contributed by atoms with Crippen molar-refractivity contribution in [3.8, 4) is 17.1 Å². The Morgan fingerprint density at radius 2 is 1.91 bits per heavy atom. The molecular formula is C17H12BrClO3. The lowest BCUT2D eigenvalue weighted by atomic mass is 10.1. The van der Waals surface area contributed by atoms with E-state index in [-0.39, 0.29) is 11.2 Å². The summed E-state index contributed by atoms with van der Waals surface area (Å²) >= 11 is 9.36. The fourth-order valence-corrected chi connectivity index (χ4v) is 2.82. The minimum absolute atomic E-state index is 0.182. The van der Waals surface area contributed by atoms with Gasteiger partial charge in [0.05, 0.1) is 12.5 Å². The van der Waals surface area contributed by atoms with Gasteiger partial charge in [0.25, 0.3) is 0 Å². The molecule has 0 atom stereocenters. The van der Waals surface area contributed by atoms with Crippen LogP contribution >= 0.6 is 27.5 Å². The highest BCUT2D eigenvalue weighted by molar-refractivity contribution is 9.08. The molecule has 0 amide bonds. The molecule has 0 bridgehead atoms. The first-order chi connectivity index (χ1) is 10.6. The zero-order valence-corrected chi connectivity index (χ0v) is 14.1. The van der Waals surface area contributed by atoms with Gasteiger partial charge in [-0.25, -0.2) is 0 Å². The predicted molar refractivity (Wildman–Crippen MR) is 92.1 cm³/mol. The zero-order valence-electron chi connectivity index (χ0n) is 11.7. The second-order valence-electron chi connectivity index (χ2n) is 4.76. The molecule has 2 aromatic carbocycles. The van der Waals surface area contributed by atoms with E-state index in [2.05, 4.69) is 15.9 Å².